The average molecular weight is 490 g/mol. The Kier molecular flexibility index (Phi) is 7.08. The highest BCUT2D eigenvalue weighted by Gasteiger charge is 2.35. The molecule has 8 nitrogen and oxygen atoms in total. The van der Waals surface area contributed by atoms with Crippen molar-refractivity contribution in [3.05, 3.63) is 64.8 Å². The highest BCUT2D eigenvalue weighted by molar-refractivity contribution is 6.30. The van der Waals surface area contributed by atoms with Gasteiger partial charge in [-0.15, -0.1) is 0 Å². The summed E-state index contributed by atoms with van der Waals surface area (Å²) in [6.45, 7) is 2.03. The highest BCUT2D eigenvalue weighted by Crippen LogP contribution is 2.34. The Morgan fingerprint density at radius 2 is 2.09 bits per heavy atom. The van der Waals surface area contributed by atoms with Crippen LogP contribution in [0, 0.1) is 6.92 Å². The molecular weight excluding hydrogens is 464 g/mol. The molecule has 0 spiro atoms. The number of alkyl halides is 2. The van der Waals surface area contributed by atoms with Crippen molar-refractivity contribution < 1.29 is 13.6 Å². The quantitative estimate of drug-likeness (QED) is 0.462. The number of hydrogen-bond donors (Lipinski definition) is 3. The molecule has 1 atom stereocenters. The lowest BCUT2D eigenvalue weighted by Gasteiger charge is -2.28. The van der Waals surface area contributed by atoms with Crippen LogP contribution in [0.3, 0.4) is 0 Å². The van der Waals surface area contributed by atoms with E-state index in [0.29, 0.717) is 29.6 Å². The second-order valence-electron chi connectivity index (χ2n) is 8.46. The van der Waals surface area contributed by atoms with Gasteiger partial charge in [-0.05, 0) is 37.5 Å². The van der Waals surface area contributed by atoms with Crippen molar-refractivity contribution in [2.45, 2.75) is 50.6 Å². The Labute approximate surface area is 201 Å². The zero-order valence-electron chi connectivity index (χ0n) is 18.6. The number of aryl methyl sites for hydroxylation is 1. The number of anilines is 1. The molecule has 0 saturated heterocycles. The molecule has 0 aliphatic heterocycles. The van der Waals surface area contributed by atoms with Gasteiger partial charge in [0.1, 0.15) is 17.8 Å². The Hall–Kier alpha value is -3.11. The zero-order valence-corrected chi connectivity index (χ0v) is 19.4. The maximum Gasteiger partial charge on any atom is 0.272 e. The van der Waals surface area contributed by atoms with Crippen molar-refractivity contribution in [2.24, 2.45) is 5.73 Å². The monoisotopic (exact) mass is 489 g/mol. The molecule has 1 fully saturated rings. The van der Waals surface area contributed by atoms with E-state index in [1.165, 1.54) is 6.33 Å². The largest absolute Gasteiger partial charge is 0.351 e. The first kappa shape index (κ1) is 24.0. The van der Waals surface area contributed by atoms with Crippen molar-refractivity contribution in [2.75, 3.05) is 11.9 Å². The van der Waals surface area contributed by atoms with Crippen LogP contribution in [0.15, 0.2) is 43.0 Å². The maximum atomic E-state index is 13.4. The summed E-state index contributed by atoms with van der Waals surface area (Å²) in [5, 5.41) is 6.58. The van der Waals surface area contributed by atoms with E-state index in [2.05, 4.69) is 25.6 Å². The number of hydrogen-bond acceptors (Lipinski definition) is 6. The summed E-state index contributed by atoms with van der Waals surface area (Å²) in [7, 11) is 0. The molecule has 0 bridgehead atoms. The minimum Gasteiger partial charge on any atom is -0.351 e. The molecule has 1 saturated carbocycles. The molecule has 2 aromatic heterocycles. The number of benzene rings is 1. The van der Waals surface area contributed by atoms with Gasteiger partial charge in [0, 0.05) is 48.4 Å². The Balaban J connectivity index is 1.46. The summed E-state index contributed by atoms with van der Waals surface area (Å²) in [5.41, 5.74) is 7.62. The molecule has 1 amide bonds. The fourth-order valence-corrected chi connectivity index (χ4v) is 4.12. The lowest BCUT2D eigenvalue weighted by atomic mass is 9.92. The highest BCUT2D eigenvalue weighted by atomic mass is 35.5. The standard InChI is InChI=1S/C23H26ClF2N7O/c1-14-11-28-22(30-17-5-7-23(25,26)8-6-17)32-20(14)33-12-19(29-13-33)21(34)31-18(10-27)15-3-2-4-16(24)9-15/h2-4,9,11-13,17-18H,5-8,10,27H2,1H3,(H,31,34)(H,28,30,32). The van der Waals surface area contributed by atoms with Crippen molar-refractivity contribution in [1.29, 1.82) is 0 Å². The van der Waals surface area contributed by atoms with Gasteiger partial charge in [0.25, 0.3) is 5.91 Å². The molecule has 4 rings (SSSR count). The lowest BCUT2D eigenvalue weighted by Crippen LogP contribution is -2.33. The van der Waals surface area contributed by atoms with E-state index >= 15 is 0 Å². The minimum absolute atomic E-state index is 0.112. The maximum absolute atomic E-state index is 13.4. The topological polar surface area (TPSA) is 111 Å². The van der Waals surface area contributed by atoms with Gasteiger partial charge in [-0.3, -0.25) is 9.36 Å². The normalized spacial score (nSPS) is 16.7. The van der Waals surface area contributed by atoms with E-state index in [4.69, 9.17) is 17.3 Å². The van der Waals surface area contributed by atoms with E-state index in [1.807, 2.05) is 13.0 Å². The number of imidazole rings is 1. The first-order chi connectivity index (χ1) is 16.2. The fraction of sp³-hybridized carbons (Fsp3) is 0.391. The number of carbonyl (C=O) groups is 1. The first-order valence-corrected chi connectivity index (χ1v) is 11.4. The predicted molar refractivity (Wildman–Crippen MR) is 125 cm³/mol. The van der Waals surface area contributed by atoms with E-state index in [9.17, 15) is 13.6 Å². The summed E-state index contributed by atoms with van der Waals surface area (Å²) in [6, 6.07) is 6.61. The van der Waals surface area contributed by atoms with Gasteiger partial charge in [0.15, 0.2) is 0 Å². The van der Waals surface area contributed by atoms with Crippen LogP contribution in [-0.2, 0) is 0 Å². The van der Waals surface area contributed by atoms with Crippen molar-refractivity contribution in [1.82, 2.24) is 24.8 Å². The SMILES string of the molecule is Cc1cnc(NC2CCC(F)(F)CC2)nc1-n1cnc(C(=O)NC(CN)c2cccc(Cl)c2)c1. The van der Waals surface area contributed by atoms with Crippen LogP contribution in [0.5, 0.6) is 0 Å². The third kappa shape index (κ3) is 5.68. The van der Waals surface area contributed by atoms with Gasteiger partial charge in [0.05, 0.1) is 6.04 Å². The van der Waals surface area contributed by atoms with Crippen LogP contribution in [0.4, 0.5) is 14.7 Å². The average Bonchev–Trinajstić information content (AvgIpc) is 3.30. The Morgan fingerprint density at radius 3 is 2.79 bits per heavy atom. The molecule has 1 unspecified atom stereocenters. The molecule has 3 aromatic rings. The number of aromatic nitrogens is 4. The number of halogens is 3. The number of carbonyl (C=O) groups excluding carboxylic acids is 1. The van der Waals surface area contributed by atoms with Gasteiger partial charge in [0.2, 0.25) is 11.9 Å². The number of amides is 1. The first-order valence-electron chi connectivity index (χ1n) is 11.0. The summed E-state index contributed by atoms with van der Waals surface area (Å²) < 4.78 is 28.5. The predicted octanol–water partition coefficient (Wildman–Crippen LogP) is 4.04. The van der Waals surface area contributed by atoms with Crippen LogP contribution in [0.25, 0.3) is 5.82 Å². The fourth-order valence-electron chi connectivity index (χ4n) is 3.92. The number of nitrogens with zero attached hydrogens (tertiary/aromatic N) is 4. The van der Waals surface area contributed by atoms with Gasteiger partial charge in [-0.2, -0.15) is 4.98 Å². The summed E-state index contributed by atoms with van der Waals surface area (Å²) in [5.74, 6) is -2.10. The molecular formula is C23H26ClF2N7O. The number of rotatable bonds is 7. The van der Waals surface area contributed by atoms with Gasteiger partial charge in [-0.1, -0.05) is 23.7 Å². The van der Waals surface area contributed by atoms with Crippen LogP contribution in [0.2, 0.25) is 5.02 Å². The van der Waals surface area contributed by atoms with Gasteiger partial charge < -0.3 is 16.4 Å². The minimum atomic E-state index is -2.60. The summed E-state index contributed by atoms with van der Waals surface area (Å²) in [4.78, 5) is 25.8. The Morgan fingerprint density at radius 1 is 1.32 bits per heavy atom. The van der Waals surface area contributed by atoms with Crippen LogP contribution in [-0.4, -0.2) is 43.9 Å². The van der Waals surface area contributed by atoms with Crippen LogP contribution >= 0.6 is 11.6 Å². The van der Waals surface area contributed by atoms with E-state index < -0.39 is 12.0 Å². The zero-order chi connectivity index (χ0) is 24.3. The number of nitrogens with two attached hydrogens (primary N) is 1. The molecule has 4 N–H and O–H groups in total. The smallest absolute Gasteiger partial charge is 0.272 e. The second kappa shape index (κ2) is 10.0. The second-order valence-corrected chi connectivity index (χ2v) is 8.89. The van der Waals surface area contributed by atoms with Gasteiger partial charge in [-0.25, -0.2) is 18.7 Å². The van der Waals surface area contributed by atoms with Crippen molar-refractivity contribution >= 4 is 23.5 Å². The molecule has 2 heterocycles. The summed E-state index contributed by atoms with van der Waals surface area (Å²) in [6.07, 6.45) is 5.11. The molecule has 0 radical (unpaired) electrons. The van der Waals surface area contributed by atoms with E-state index in [1.54, 1.807) is 35.2 Å². The van der Waals surface area contributed by atoms with Gasteiger partial charge >= 0.3 is 0 Å². The lowest BCUT2D eigenvalue weighted by molar-refractivity contribution is -0.0361. The molecule has 34 heavy (non-hydrogen) atoms. The van der Waals surface area contributed by atoms with E-state index in [-0.39, 0.29) is 37.0 Å². The van der Waals surface area contributed by atoms with Crippen molar-refractivity contribution in [3.63, 3.8) is 0 Å². The molecule has 11 heteroatoms. The van der Waals surface area contributed by atoms with Crippen LogP contribution in [0.1, 0.15) is 53.3 Å². The molecule has 1 aliphatic rings. The third-order valence-corrected chi connectivity index (χ3v) is 6.08. The molecule has 180 valence electrons. The van der Waals surface area contributed by atoms with Crippen molar-refractivity contribution in [3.8, 4) is 5.82 Å². The molecule has 1 aromatic carbocycles. The number of nitrogens with one attached hydrogen (secondary N) is 2. The van der Waals surface area contributed by atoms with Crippen LogP contribution < -0.4 is 16.4 Å². The third-order valence-electron chi connectivity index (χ3n) is 5.85. The van der Waals surface area contributed by atoms with E-state index in [0.717, 1.165) is 11.1 Å². The molecule has 1 aliphatic carbocycles. The Bertz CT molecular complexity index is 1160. The summed E-state index contributed by atoms with van der Waals surface area (Å²) >= 11 is 6.05.